The van der Waals surface area contributed by atoms with Gasteiger partial charge >= 0.3 is 0 Å². The highest BCUT2D eigenvalue weighted by Gasteiger charge is 2.20. The van der Waals surface area contributed by atoms with E-state index in [0.717, 1.165) is 0 Å². The van der Waals surface area contributed by atoms with Crippen LogP contribution < -0.4 is 5.32 Å². The Morgan fingerprint density at radius 3 is 2.57 bits per heavy atom. The van der Waals surface area contributed by atoms with Crippen molar-refractivity contribution in [1.82, 2.24) is 9.88 Å². The Hall–Kier alpha value is -1.82. The number of nitrogens with one attached hydrogen (secondary N) is 1. The van der Waals surface area contributed by atoms with Crippen LogP contribution in [0.4, 0.5) is 11.4 Å². The summed E-state index contributed by atoms with van der Waals surface area (Å²) in [6, 6.07) is 8.72. The predicted molar refractivity (Wildman–Crippen MR) is 90.7 cm³/mol. The van der Waals surface area contributed by atoms with Crippen LogP contribution in [0.5, 0.6) is 0 Å². The molecule has 0 saturated carbocycles. The Labute approximate surface area is 144 Å². The van der Waals surface area contributed by atoms with E-state index in [1.807, 2.05) is 0 Å². The summed E-state index contributed by atoms with van der Waals surface area (Å²) < 4.78 is 5.26. The highest BCUT2D eigenvalue weighted by atomic mass is 35.5. The summed E-state index contributed by atoms with van der Waals surface area (Å²) in [7, 11) is 0. The summed E-state index contributed by atoms with van der Waals surface area (Å²) >= 11 is 12.3. The van der Waals surface area contributed by atoms with Crippen LogP contribution in [-0.2, 0) is 4.74 Å². The average Bonchev–Trinajstić information content (AvgIpc) is 2.59. The van der Waals surface area contributed by atoms with Crippen molar-refractivity contribution in [2.45, 2.75) is 0 Å². The molecule has 0 spiro atoms. The van der Waals surface area contributed by atoms with Gasteiger partial charge in [0.2, 0.25) is 0 Å². The van der Waals surface area contributed by atoms with E-state index in [-0.39, 0.29) is 5.91 Å². The van der Waals surface area contributed by atoms with Crippen molar-refractivity contribution < 1.29 is 9.53 Å². The molecular weight excluding hydrogens is 337 g/mol. The van der Waals surface area contributed by atoms with Gasteiger partial charge in [-0.2, -0.15) is 0 Å². The fourth-order valence-corrected chi connectivity index (χ4v) is 2.81. The maximum absolute atomic E-state index is 12.5. The van der Waals surface area contributed by atoms with Gasteiger partial charge in [-0.05, 0) is 24.3 Å². The number of hydrogen-bond acceptors (Lipinski definition) is 4. The zero-order chi connectivity index (χ0) is 16.2. The Balaban J connectivity index is 1.81. The monoisotopic (exact) mass is 351 g/mol. The highest BCUT2D eigenvalue weighted by molar-refractivity contribution is 6.39. The number of anilines is 2. The molecule has 0 bridgehead atoms. The second kappa shape index (κ2) is 7.17. The normalized spacial score (nSPS) is 14.6. The van der Waals surface area contributed by atoms with Gasteiger partial charge in [-0.25, -0.2) is 0 Å². The Morgan fingerprint density at radius 2 is 1.87 bits per heavy atom. The molecular formula is C16H15Cl2N3O2. The molecule has 1 amide bonds. The fraction of sp³-hybridized carbons (Fsp3) is 0.250. The first-order valence-corrected chi connectivity index (χ1v) is 7.95. The molecule has 1 aromatic heterocycles. The van der Waals surface area contributed by atoms with Crippen molar-refractivity contribution in [2.75, 3.05) is 31.6 Å². The lowest BCUT2D eigenvalue weighted by atomic mass is 10.2. The van der Waals surface area contributed by atoms with Crippen molar-refractivity contribution in [3.8, 4) is 0 Å². The summed E-state index contributed by atoms with van der Waals surface area (Å²) in [4.78, 5) is 18.4. The molecule has 3 rings (SSSR count). The molecule has 0 atom stereocenters. The van der Waals surface area contributed by atoms with Gasteiger partial charge < -0.3 is 15.0 Å². The van der Waals surface area contributed by atoms with Gasteiger partial charge in [0, 0.05) is 25.0 Å². The summed E-state index contributed by atoms with van der Waals surface area (Å²) in [5.41, 5.74) is 1.68. The lowest BCUT2D eigenvalue weighted by Crippen LogP contribution is -2.41. The number of aromatic nitrogens is 1. The number of carbonyl (C=O) groups excluding carboxylic acids is 1. The van der Waals surface area contributed by atoms with Crippen molar-refractivity contribution >= 4 is 40.5 Å². The third-order valence-electron chi connectivity index (χ3n) is 3.51. The number of hydrogen-bond donors (Lipinski definition) is 1. The van der Waals surface area contributed by atoms with E-state index in [1.54, 1.807) is 41.4 Å². The Bertz CT molecular complexity index is 698. The van der Waals surface area contributed by atoms with Crippen molar-refractivity contribution in [1.29, 1.82) is 0 Å². The van der Waals surface area contributed by atoms with Gasteiger partial charge in [0.05, 0.1) is 28.9 Å². The number of benzene rings is 1. The summed E-state index contributed by atoms with van der Waals surface area (Å²) in [6.45, 7) is 2.26. The molecule has 0 aliphatic carbocycles. The molecule has 120 valence electrons. The molecule has 7 heteroatoms. The fourth-order valence-electron chi connectivity index (χ4n) is 2.32. The summed E-state index contributed by atoms with van der Waals surface area (Å²) in [5, 5.41) is 4.16. The molecule has 1 aliphatic heterocycles. The lowest BCUT2D eigenvalue weighted by Gasteiger charge is -2.26. The minimum Gasteiger partial charge on any atom is -0.378 e. The smallest absolute Gasteiger partial charge is 0.272 e. The second-order valence-electron chi connectivity index (χ2n) is 5.06. The molecule has 1 saturated heterocycles. The molecule has 0 unspecified atom stereocenters. The van der Waals surface area contributed by atoms with E-state index < -0.39 is 0 Å². The van der Waals surface area contributed by atoms with Gasteiger partial charge in [0.1, 0.15) is 5.69 Å². The number of pyridine rings is 1. The SMILES string of the molecule is O=C(c1cc(Nc2c(Cl)cccc2Cl)ccn1)N1CCOCC1. The van der Waals surface area contributed by atoms with Crippen LogP contribution >= 0.6 is 23.2 Å². The first kappa shape index (κ1) is 16.1. The first-order chi connectivity index (χ1) is 11.1. The third kappa shape index (κ3) is 3.75. The van der Waals surface area contributed by atoms with E-state index >= 15 is 0 Å². The van der Waals surface area contributed by atoms with Crippen LogP contribution in [-0.4, -0.2) is 42.1 Å². The van der Waals surface area contributed by atoms with Crippen LogP contribution in [0.25, 0.3) is 0 Å². The standard InChI is InChI=1S/C16H15Cl2N3O2/c17-12-2-1-3-13(18)15(12)20-11-4-5-19-14(10-11)16(22)21-6-8-23-9-7-21/h1-5,10H,6-9H2,(H,19,20). The number of morpholine rings is 1. The largest absolute Gasteiger partial charge is 0.378 e. The molecule has 0 radical (unpaired) electrons. The minimum absolute atomic E-state index is 0.109. The van der Waals surface area contributed by atoms with Crippen LogP contribution in [0.3, 0.4) is 0 Å². The van der Waals surface area contributed by atoms with Crippen LogP contribution in [0.15, 0.2) is 36.5 Å². The van der Waals surface area contributed by atoms with Crippen molar-refractivity contribution in [3.05, 3.63) is 52.3 Å². The number of amides is 1. The van der Waals surface area contributed by atoms with Crippen LogP contribution in [0, 0.1) is 0 Å². The van der Waals surface area contributed by atoms with Gasteiger partial charge in [0.15, 0.2) is 0 Å². The zero-order valence-electron chi connectivity index (χ0n) is 12.3. The quantitative estimate of drug-likeness (QED) is 0.917. The van der Waals surface area contributed by atoms with E-state index in [0.29, 0.717) is 53.4 Å². The molecule has 2 heterocycles. The third-order valence-corrected chi connectivity index (χ3v) is 4.14. The van der Waals surface area contributed by atoms with E-state index in [9.17, 15) is 4.79 Å². The van der Waals surface area contributed by atoms with Crippen LogP contribution in [0.1, 0.15) is 10.5 Å². The summed E-state index contributed by atoms with van der Waals surface area (Å²) in [6.07, 6.45) is 1.58. The topological polar surface area (TPSA) is 54.5 Å². The minimum atomic E-state index is -0.109. The Morgan fingerprint density at radius 1 is 1.17 bits per heavy atom. The second-order valence-corrected chi connectivity index (χ2v) is 5.87. The number of halogens is 2. The average molecular weight is 352 g/mol. The van der Waals surface area contributed by atoms with Crippen molar-refractivity contribution in [3.63, 3.8) is 0 Å². The van der Waals surface area contributed by atoms with Crippen molar-refractivity contribution in [2.24, 2.45) is 0 Å². The number of ether oxygens (including phenoxy) is 1. The maximum atomic E-state index is 12.5. The molecule has 1 aromatic carbocycles. The van der Waals surface area contributed by atoms with Gasteiger partial charge in [-0.1, -0.05) is 29.3 Å². The maximum Gasteiger partial charge on any atom is 0.272 e. The molecule has 5 nitrogen and oxygen atoms in total. The number of carbonyl (C=O) groups is 1. The van der Waals surface area contributed by atoms with E-state index in [2.05, 4.69) is 10.3 Å². The van der Waals surface area contributed by atoms with Crippen LogP contribution in [0.2, 0.25) is 10.0 Å². The number of nitrogens with zero attached hydrogens (tertiary/aromatic N) is 2. The lowest BCUT2D eigenvalue weighted by molar-refractivity contribution is 0.0299. The molecule has 1 aliphatic rings. The van der Waals surface area contributed by atoms with Gasteiger partial charge in [-0.3, -0.25) is 9.78 Å². The molecule has 1 N–H and O–H groups in total. The molecule has 1 fully saturated rings. The Kier molecular flexibility index (Phi) is 5.00. The first-order valence-electron chi connectivity index (χ1n) is 7.19. The molecule has 2 aromatic rings. The summed E-state index contributed by atoms with van der Waals surface area (Å²) in [5.74, 6) is -0.109. The number of para-hydroxylation sites is 1. The van der Waals surface area contributed by atoms with E-state index in [4.69, 9.17) is 27.9 Å². The van der Waals surface area contributed by atoms with Gasteiger partial charge in [-0.15, -0.1) is 0 Å². The number of rotatable bonds is 3. The zero-order valence-corrected chi connectivity index (χ0v) is 13.8. The van der Waals surface area contributed by atoms with E-state index in [1.165, 1.54) is 0 Å². The predicted octanol–water partition coefficient (Wildman–Crippen LogP) is 3.60. The van der Waals surface area contributed by atoms with Gasteiger partial charge in [0.25, 0.3) is 5.91 Å². The highest BCUT2D eigenvalue weighted by Crippen LogP contribution is 2.32. The molecule has 23 heavy (non-hydrogen) atoms.